The van der Waals surface area contributed by atoms with E-state index in [2.05, 4.69) is 36.3 Å². The SMILES string of the molecule is CCC1CCC(CNC(=O)NCC(C)N2CCOCC2C)CC1. The van der Waals surface area contributed by atoms with Crippen LogP contribution in [0.2, 0.25) is 0 Å². The van der Waals surface area contributed by atoms with Crippen LogP contribution in [-0.4, -0.2) is 55.9 Å². The molecule has 134 valence electrons. The van der Waals surface area contributed by atoms with Crippen LogP contribution in [0.25, 0.3) is 0 Å². The molecule has 2 amide bonds. The molecule has 2 atom stereocenters. The predicted octanol–water partition coefficient (Wildman–Crippen LogP) is 2.61. The molecule has 23 heavy (non-hydrogen) atoms. The fraction of sp³-hybridized carbons (Fsp3) is 0.944. The van der Waals surface area contributed by atoms with Gasteiger partial charge in [0, 0.05) is 31.7 Å². The van der Waals surface area contributed by atoms with Crippen LogP contribution in [0.1, 0.15) is 52.9 Å². The standard InChI is InChI=1S/C18H35N3O2/c1-4-16-5-7-17(8-6-16)12-20-18(22)19-11-14(2)21-9-10-23-13-15(21)3/h14-17H,4-13H2,1-3H3,(H2,19,20,22). The molecule has 5 heteroatoms. The van der Waals surface area contributed by atoms with Gasteiger partial charge in [-0.3, -0.25) is 4.90 Å². The zero-order valence-electron chi connectivity index (χ0n) is 15.1. The van der Waals surface area contributed by atoms with Crippen molar-refractivity contribution < 1.29 is 9.53 Å². The average molecular weight is 325 g/mol. The lowest BCUT2D eigenvalue weighted by Gasteiger charge is -2.37. The highest BCUT2D eigenvalue weighted by Gasteiger charge is 2.24. The Labute approximate surface area is 141 Å². The van der Waals surface area contributed by atoms with Crippen molar-refractivity contribution in [1.29, 1.82) is 0 Å². The van der Waals surface area contributed by atoms with E-state index in [1.807, 2.05) is 0 Å². The molecule has 0 bridgehead atoms. The summed E-state index contributed by atoms with van der Waals surface area (Å²) >= 11 is 0. The monoisotopic (exact) mass is 325 g/mol. The minimum absolute atomic E-state index is 0.0182. The van der Waals surface area contributed by atoms with Gasteiger partial charge in [-0.1, -0.05) is 26.2 Å². The zero-order valence-corrected chi connectivity index (χ0v) is 15.1. The second kappa shape index (κ2) is 9.48. The molecule has 0 spiro atoms. The Morgan fingerprint density at radius 1 is 1.22 bits per heavy atom. The summed E-state index contributed by atoms with van der Waals surface area (Å²) in [7, 11) is 0. The third-order valence-electron chi connectivity index (χ3n) is 5.64. The first kappa shape index (κ1) is 18.5. The molecule has 1 saturated heterocycles. The van der Waals surface area contributed by atoms with Gasteiger partial charge in [-0.05, 0) is 38.5 Å². The van der Waals surface area contributed by atoms with E-state index in [1.54, 1.807) is 0 Å². The number of nitrogens with zero attached hydrogens (tertiary/aromatic N) is 1. The van der Waals surface area contributed by atoms with Crippen LogP contribution in [0, 0.1) is 11.8 Å². The third kappa shape index (κ3) is 5.96. The number of carbonyl (C=O) groups is 1. The number of urea groups is 1. The normalized spacial score (nSPS) is 30.7. The maximum atomic E-state index is 12.0. The number of nitrogens with one attached hydrogen (secondary N) is 2. The van der Waals surface area contributed by atoms with E-state index < -0.39 is 0 Å². The highest BCUT2D eigenvalue weighted by Crippen LogP contribution is 2.29. The summed E-state index contributed by atoms with van der Waals surface area (Å²) in [4.78, 5) is 14.4. The first-order valence-electron chi connectivity index (χ1n) is 9.45. The lowest BCUT2D eigenvalue weighted by atomic mass is 9.81. The summed E-state index contributed by atoms with van der Waals surface area (Å²) in [6.45, 7) is 10.7. The maximum absolute atomic E-state index is 12.0. The first-order valence-corrected chi connectivity index (χ1v) is 9.45. The van der Waals surface area contributed by atoms with E-state index in [-0.39, 0.29) is 6.03 Å². The number of ether oxygens (including phenoxy) is 1. The van der Waals surface area contributed by atoms with Gasteiger partial charge < -0.3 is 15.4 Å². The van der Waals surface area contributed by atoms with Gasteiger partial charge in [0.2, 0.25) is 0 Å². The van der Waals surface area contributed by atoms with Crippen LogP contribution in [-0.2, 0) is 4.74 Å². The molecule has 1 heterocycles. The molecule has 2 unspecified atom stereocenters. The van der Waals surface area contributed by atoms with Crippen molar-refractivity contribution >= 4 is 6.03 Å². The van der Waals surface area contributed by atoms with E-state index >= 15 is 0 Å². The predicted molar refractivity (Wildman–Crippen MR) is 93.6 cm³/mol. The molecule has 0 radical (unpaired) electrons. The quantitative estimate of drug-likeness (QED) is 0.789. The second-order valence-corrected chi connectivity index (χ2v) is 7.40. The van der Waals surface area contributed by atoms with Crippen molar-refractivity contribution in [1.82, 2.24) is 15.5 Å². The summed E-state index contributed by atoms with van der Waals surface area (Å²) in [6, 6.07) is 0.757. The van der Waals surface area contributed by atoms with E-state index in [0.29, 0.717) is 24.5 Å². The number of hydrogen-bond acceptors (Lipinski definition) is 3. The molecule has 0 aromatic heterocycles. The largest absolute Gasteiger partial charge is 0.379 e. The van der Waals surface area contributed by atoms with Gasteiger partial charge in [-0.15, -0.1) is 0 Å². The van der Waals surface area contributed by atoms with Crippen LogP contribution in [0.4, 0.5) is 4.79 Å². The minimum atomic E-state index is -0.0182. The molecule has 0 aromatic rings. The molecule has 2 rings (SSSR count). The molecular weight excluding hydrogens is 290 g/mol. The van der Waals surface area contributed by atoms with Crippen LogP contribution < -0.4 is 10.6 Å². The molecular formula is C18H35N3O2. The van der Waals surface area contributed by atoms with Gasteiger partial charge in [-0.25, -0.2) is 4.79 Å². The van der Waals surface area contributed by atoms with E-state index in [9.17, 15) is 4.79 Å². The number of morpholine rings is 1. The van der Waals surface area contributed by atoms with Crippen molar-refractivity contribution in [3.63, 3.8) is 0 Å². The number of hydrogen-bond donors (Lipinski definition) is 2. The summed E-state index contributed by atoms with van der Waals surface area (Å²) in [5.74, 6) is 1.58. The Hall–Kier alpha value is -0.810. The molecule has 1 aliphatic heterocycles. The van der Waals surface area contributed by atoms with Crippen molar-refractivity contribution in [2.24, 2.45) is 11.8 Å². The van der Waals surface area contributed by atoms with Crippen molar-refractivity contribution in [2.45, 2.75) is 65.0 Å². The summed E-state index contributed by atoms with van der Waals surface area (Å²) in [6.07, 6.45) is 6.49. The zero-order chi connectivity index (χ0) is 16.7. The van der Waals surface area contributed by atoms with E-state index in [0.717, 1.165) is 32.2 Å². The lowest BCUT2D eigenvalue weighted by Crippen LogP contribution is -2.53. The maximum Gasteiger partial charge on any atom is 0.314 e. The Balaban J connectivity index is 1.59. The van der Waals surface area contributed by atoms with Crippen molar-refractivity contribution in [3.8, 4) is 0 Å². The molecule has 1 saturated carbocycles. The van der Waals surface area contributed by atoms with E-state index in [4.69, 9.17) is 4.74 Å². The summed E-state index contributed by atoms with van der Waals surface area (Å²) in [5.41, 5.74) is 0. The summed E-state index contributed by atoms with van der Waals surface area (Å²) in [5, 5.41) is 6.09. The van der Waals surface area contributed by atoms with Gasteiger partial charge in [0.25, 0.3) is 0 Å². The topological polar surface area (TPSA) is 53.6 Å². The minimum Gasteiger partial charge on any atom is -0.379 e. The van der Waals surface area contributed by atoms with Gasteiger partial charge in [0.15, 0.2) is 0 Å². The number of rotatable bonds is 6. The highest BCUT2D eigenvalue weighted by molar-refractivity contribution is 5.73. The molecule has 5 nitrogen and oxygen atoms in total. The van der Waals surface area contributed by atoms with Gasteiger partial charge >= 0.3 is 6.03 Å². The molecule has 1 aliphatic carbocycles. The van der Waals surface area contributed by atoms with Crippen LogP contribution in [0.15, 0.2) is 0 Å². The molecule has 2 N–H and O–H groups in total. The highest BCUT2D eigenvalue weighted by atomic mass is 16.5. The van der Waals surface area contributed by atoms with Gasteiger partial charge in [-0.2, -0.15) is 0 Å². The number of carbonyl (C=O) groups excluding carboxylic acids is 1. The van der Waals surface area contributed by atoms with E-state index in [1.165, 1.54) is 32.1 Å². The average Bonchev–Trinajstić information content (AvgIpc) is 2.58. The van der Waals surface area contributed by atoms with Crippen LogP contribution in [0.3, 0.4) is 0 Å². The first-order chi connectivity index (χ1) is 11.1. The summed E-state index contributed by atoms with van der Waals surface area (Å²) < 4.78 is 5.47. The Kier molecular flexibility index (Phi) is 7.63. The van der Waals surface area contributed by atoms with Crippen molar-refractivity contribution in [3.05, 3.63) is 0 Å². The lowest BCUT2D eigenvalue weighted by molar-refractivity contribution is -0.0176. The van der Waals surface area contributed by atoms with Crippen LogP contribution >= 0.6 is 0 Å². The van der Waals surface area contributed by atoms with Gasteiger partial charge in [0.1, 0.15) is 0 Å². The third-order valence-corrected chi connectivity index (χ3v) is 5.64. The number of amides is 2. The fourth-order valence-corrected chi connectivity index (χ4v) is 3.90. The second-order valence-electron chi connectivity index (χ2n) is 7.40. The smallest absolute Gasteiger partial charge is 0.314 e. The Bertz CT molecular complexity index is 356. The Morgan fingerprint density at radius 3 is 2.57 bits per heavy atom. The fourth-order valence-electron chi connectivity index (χ4n) is 3.90. The molecule has 2 aliphatic rings. The Morgan fingerprint density at radius 2 is 1.91 bits per heavy atom. The van der Waals surface area contributed by atoms with Gasteiger partial charge in [0.05, 0.1) is 13.2 Å². The molecule has 2 fully saturated rings. The van der Waals surface area contributed by atoms with Crippen molar-refractivity contribution in [2.75, 3.05) is 32.8 Å². The molecule has 0 aromatic carbocycles. The van der Waals surface area contributed by atoms with Crippen LogP contribution in [0.5, 0.6) is 0 Å².